The van der Waals surface area contributed by atoms with E-state index in [1.165, 1.54) is 0 Å². The smallest absolute Gasteiger partial charge is 0.243 e. The maximum absolute atomic E-state index is 11.4. The molecule has 0 saturated carbocycles. The Balaban J connectivity index is 1.84. The molecule has 2 aromatic heterocycles. The van der Waals surface area contributed by atoms with Crippen molar-refractivity contribution in [3.63, 3.8) is 0 Å². The number of aryl methyl sites for hydroxylation is 2. The van der Waals surface area contributed by atoms with Gasteiger partial charge in [0.2, 0.25) is 5.91 Å². The van der Waals surface area contributed by atoms with Gasteiger partial charge in [0, 0.05) is 31.1 Å². The number of amides is 1. The van der Waals surface area contributed by atoms with Gasteiger partial charge in [0.1, 0.15) is 0 Å². The summed E-state index contributed by atoms with van der Waals surface area (Å²) in [5, 5.41) is 7.21. The van der Waals surface area contributed by atoms with E-state index in [1.807, 2.05) is 39.2 Å². The standard InChI is InChI=1S/C15H20N4O/c1-11(2)7-15(20)16-6-4-5-13-9-17-14-8-12(3)18-19(14)10-13/h7-10H,4-6H2,1-3H3,(H,16,20). The molecule has 5 nitrogen and oxygen atoms in total. The molecule has 0 fully saturated rings. The largest absolute Gasteiger partial charge is 0.353 e. The number of nitrogens with one attached hydrogen (secondary N) is 1. The molecule has 0 spiro atoms. The molecule has 0 aliphatic heterocycles. The number of carbonyl (C=O) groups is 1. The number of fused-ring (bicyclic) bond motifs is 1. The van der Waals surface area contributed by atoms with E-state index in [2.05, 4.69) is 15.4 Å². The number of hydrogen-bond acceptors (Lipinski definition) is 3. The number of aromatic nitrogens is 3. The van der Waals surface area contributed by atoms with E-state index in [-0.39, 0.29) is 5.91 Å². The van der Waals surface area contributed by atoms with Crippen LogP contribution in [0.4, 0.5) is 0 Å². The van der Waals surface area contributed by atoms with E-state index in [4.69, 9.17) is 0 Å². The maximum atomic E-state index is 11.4. The molecule has 0 bridgehead atoms. The van der Waals surface area contributed by atoms with Crippen molar-refractivity contribution >= 4 is 11.6 Å². The van der Waals surface area contributed by atoms with Crippen molar-refractivity contribution < 1.29 is 4.79 Å². The lowest BCUT2D eigenvalue weighted by Crippen LogP contribution is -2.22. The molecule has 0 aliphatic carbocycles. The molecular weight excluding hydrogens is 252 g/mol. The Morgan fingerprint density at radius 2 is 2.25 bits per heavy atom. The Bertz CT molecular complexity index is 638. The molecule has 2 rings (SSSR count). The number of rotatable bonds is 5. The minimum absolute atomic E-state index is 0.0266. The van der Waals surface area contributed by atoms with Gasteiger partial charge in [-0.05, 0) is 39.2 Å². The minimum atomic E-state index is -0.0266. The quantitative estimate of drug-likeness (QED) is 0.669. The zero-order valence-corrected chi connectivity index (χ0v) is 12.2. The lowest BCUT2D eigenvalue weighted by molar-refractivity contribution is -0.116. The van der Waals surface area contributed by atoms with Crippen molar-refractivity contribution in [3.8, 4) is 0 Å². The van der Waals surface area contributed by atoms with Gasteiger partial charge in [-0.25, -0.2) is 9.50 Å². The Labute approximate surface area is 118 Å². The van der Waals surface area contributed by atoms with Crippen LogP contribution in [-0.2, 0) is 11.2 Å². The summed E-state index contributed by atoms with van der Waals surface area (Å²) in [4.78, 5) is 15.8. The fourth-order valence-corrected chi connectivity index (χ4v) is 1.98. The molecule has 0 aliphatic rings. The summed E-state index contributed by atoms with van der Waals surface area (Å²) in [6.45, 7) is 6.44. The molecule has 1 amide bonds. The van der Waals surface area contributed by atoms with Crippen LogP contribution in [0.3, 0.4) is 0 Å². The third-order valence-corrected chi connectivity index (χ3v) is 2.85. The SMILES string of the molecule is CC(C)=CC(=O)NCCCc1cnc2cc(C)nn2c1. The van der Waals surface area contributed by atoms with Crippen LogP contribution in [0, 0.1) is 6.92 Å². The Kier molecular flexibility index (Phi) is 4.50. The first-order valence-corrected chi connectivity index (χ1v) is 6.78. The van der Waals surface area contributed by atoms with Crippen molar-refractivity contribution in [1.82, 2.24) is 19.9 Å². The summed E-state index contributed by atoms with van der Waals surface area (Å²) in [5.41, 5.74) is 3.95. The van der Waals surface area contributed by atoms with E-state index < -0.39 is 0 Å². The average molecular weight is 272 g/mol. The monoisotopic (exact) mass is 272 g/mol. The van der Waals surface area contributed by atoms with Crippen molar-refractivity contribution in [2.75, 3.05) is 6.54 Å². The predicted octanol–water partition coefficient (Wildman–Crippen LogP) is 2.05. The van der Waals surface area contributed by atoms with Crippen LogP contribution in [0.25, 0.3) is 5.65 Å². The molecular formula is C15H20N4O. The third-order valence-electron chi connectivity index (χ3n) is 2.85. The zero-order valence-electron chi connectivity index (χ0n) is 12.2. The summed E-state index contributed by atoms with van der Waals surface area (Å²) in [7, 11) is 0. The van der Waals surface area contributed by atoms with Crippen LogP contribution in [0.5, 0.6) is 0 Å². The molecule has 0 saturated heterocycles. The summed E-state index contributed by atoms with van der Waals surface area (Å²) >= 11 is 0. The zero-order chi connectivity index (χ0) is 14.5. The van der Waals surface area contributed by atoms with Crippen LogP contribution in [-0.4, -0.2) is 27.0 Å². The van der Waals surface area contributed by atoms with E-state index in [1.54, 1.807) is 10.6 Å². The van der Waals surface area contributed by atoms with Gasteiger partial charge in [0.25, 0.3) is 0 Å². The maximum Gasteiger partial charge on any atom is 0.243 e. The van der Waals surface area contributed by atoms with Crippen molar-refractivity contribution in [2.24, 2.45) is 0 Å². The Hall–Kier alpha value is -2.17. The van der Waals surface area contributed by atoms with Crippen molar-refractivity contribution in [3.05, 3.63) is 41.4 Å². The highest BCUT2D eigenvalue weighted by molar-refractivity contribution is 5.87. The van der Waals surface area contributed by atoms with Gasteiger partial charge in [-0.1, -0.05) is 5.57 Å². The van der Waals surface area contributed by atoms with E-state index in [0.717, 1.165) is 35.3 Å². The molecule has 0 unspecified atom stereocenters. The number of hydrogen-bond donors (Lipinski definition) is 1. The summed E-state index contributed by atoms with van der Waals surface area (Å²) in [6.07, 6.45) is 7.23. The highest BCUT2D eigenvalue weighted by atomic mass is 16.1. The van der Waals surface area contributed by atoms with Crippen molar-refractivity contribution in [2.45, 2.75) is 33.6 Å². The Morgan fingerprint density at radius 3 is 3.00 bits per heavy atom. The molecule has 20 heavy (non-hydrogen) atoms. The molecule has 0 aromatic carbocycles. The topological polar surface area (TPSA) is 59.3 Å². The normalized spacial score (nSPS) is 10.6. The number of carbonyl (C=O) groups excluding carboxylic acids is 1. The molecule has 1 N–H and O–H groups in total. The van der Waals surface area contributed by atoms with Gasteiger partial charge in [-0.2, -0.15) is 5.10 Å². The second kappa shape index (κ2) is 6.32. The van der Waals surface area contributed by atoms with Gasteiger partial charge >= 0.3 is 0 Å². The molecule has 0 radical (unpaired) electrons. The fraction of sp³-hybridized carbons (Fsp3) is 0.400. The Morgan fingerprint density at radius 1 is 1.45 bits per heavy atom. The lowest BCUT2D eigenvalue weighted by atomic mass is 10.2. The first-order chi connectivity index (χ1) is 9.54. The van der Waals surface area contributed by atoms with E-state index in [9.17, 15) is 4.79 Å². The number of nitrogens with zero attached hydrogens (tertiary/aromatic N) is 3. The molecule has 2 heterocycles. The highest BCUT2D eigenvalue weighted by Crippen LogP contribution is 2.06. The van der Waals surface area contributed by atoms with Gasteiger partial charge < -0.3 is 5.32 Å². The minimum Gasteiger partial charge on any atom is -0.353 e. The van der Waals surface area contributed by atoms with Crippen LogP contribution in [0.2, 0.25) is 0 Å². The average Bonchev–Trinajstić information content (AvgIpc) is 2.73. The van der Waals surface area contributed by atoms with E-state index >= 15 is 0 Å². The molecule has 106 valence electrons. The first-order valence-electron chi connectivity index (χ1n) is 6.78. The van der Waals surface area contributed by atoms with Crippen LogP contribution >= 0.6 is 0 Å². The second-order valence-electron chi connectivity index (χ2n) is 5.17. The van der Waals surface area contributed by atoms with Crippen molar-refractivity contribution in [1.29, 1.82) is 0 Å². The highest BCUT2D eigenvalue weighted by Gasteiger charge is 2.01. The van der Waals surface area contributed by atoms with Gasteiger partial charge in [0.05, 0.1) is 5.69 Å². The lowest BCUT2D eigenvalue weighted by Gasteiger charge is -2.03. The van der Waals surface area contributed by atoms with E-state index in [0.29, 0.717) is 6.54 Å². The van der Waals surface area contributed by atoms with Crippen LogP contribution < -0.4 is 5.32 Å². The molecule has 2 aromatic rings. The van der Waals surface area contributed by atoms with Crippen LogP contribution in [0.15, 0.2) is 30.1 Å². The molecule has 0 atom stereocenters. The van der Waals surface area contributed by atoms with Crippen LogP contribution in [0.1, 0.15) is 31.5 Å². The summed E-state index contributed by atoms with van der Waals surface area (Å²) in [6, 6.07) is 1.95. The van der Waals surface area contributed by atoms with Gasteiger partial charge in [-0.15, -0.1) is 0 Å². The number of allylic oxidation sites excluding steroid dienone is 1. The summed E-state index contributed by atoms with van der Waals surface area (Å²) in [5.74, 6) is -0.0266. The summed E-state index contributed by atoms with van der Waals surface area (Å²) < 4.78 is 1.80. The first kappa shape index (κ1) is 14.2. The predicted molar refractivity (Wildman–Crippen MR) is 78.5 cm³/mol. The fourth-order valence-electron chi connectivity index (χ4n) is 1.98. The third kappa shape index (κ3) is 3.91. The second-order valence-corrected chi connectivity index (χ2v) is 5.17. The molecule has 5 heteroatoms. The van der Waals surface area contributed by atoms with Gasteiger partial charge in [-0.3, -0.25) is 4.79 Å². The van der Waals surface area contributed by atoms with Gasteiger partial charge in [0.15, 0.2) is 5.65 Å².